The first-order valence-corrected chi connectivity index (χ1v) is 10.8. The van der Waals surface area contributed by atoms with Crippen LogP contribution >= 0.6 is 0 Å². The topological polar surface area (TPSA) is 38.9 Å². The third kappa shape index (κ3) is 1.86. The van der Waals surface area contributed by atoms with Gasteiger partial charge >= 0.3 is 6.85 Å². The van der Waals surface area contributed by atoms with Crippen LogP contribution in [0, 0.1) is 0 Å². The summed E-state index contributed by atoms with van der Waals surface area (Å²) in [6, 6.07) is 34.0. The molecular formula is C26H16BN5. The molecule has 0 fully saturated rings. The third-order valence-electron chi connectivity index (χ3n) is 6.72. The van der Waals surface area contributed by atoms with Crippen molar-refractivity contribution in [3.63, 3.8) is 0 Å². The number of rotatable bonds is 0. The SMILES string of the molecule is c1ccc2c(c1)B1c3ccccc3-n3c(nc4ccccc43)N1c1nc3ccccc3n1-2. The Morgan fingerprint density at radius 1 is 0.500 bits per heavy atom. The molecule has 6 heteroatoms. The molecule has 6 aromatic rings. The molecule has 4 aromatic carbocycles. The van der Waals surface area contributed by atoms with Crippen molar-refractivity contribution in [2.24, 2.45) is 0 Å². The molecular weight excluding hydrogens is 393 g/mol. The molecule has 5 nitrogen and oxygen atoms in total. The van der Waals surface area contributed by atoms with Gasteiger partial charge in [-0.25, -0.2) is 9.97 Å². The minimum absolute atomic E-state index is 0.0102. The molecule has 32 heavy (non-hydrogen) atoms. The van der Waals surface area contributed by atoms with E-state index in [1.807, 2.05) is 12.1 Å². The molecule has 148 valence electrons. The summed E-state index contributed by atoms with van der Waals surface area (Å²) < 4.78 is 4.55. The lowest BCUT2D eigenvalue weighted by Gasteiger charge is -2.40. The van der Waals surface area contributed by atoms with Crippen LogP contribution in [-0.4, -0.2) is 25.9 Å². The molecule has 4 heterocycles. The highest BCUT2D eigenvalue weighted by Crippen LogP contribution is 2.40. The molecule has 0 N–H and O–H groups in total. The first-order valence-electron chi connectivity index (χ1n) is 10.8. The maximum atomic E-state index is 5.11. The van der Waals surface area contributed by atoms with Gasteiger partial charge in [-0.05, 0) is 47.3 Å². The van der Waals surface area contributed by atoms with Gasteiger partial charge in [0, 0.05) is 11.4 Å². The average Bonchev–Trinajstić information content (AvgIpc) is 3.43. The fourth-order valence-corrected chi connectivity index (χ4v) is 5.44. The first kappa shape index (κ1) is 16.4. The Balaban J connectivity index is 1.57. The van der Waals surface area contributed by atoms with Gasteiger partial charge in [0.2, 0.25) is 11.9 Å². The van der Waals surface area contributed by atoms with E-state index < -0.39 is 0 Å². The number of aromatic nitrogens is 4. The summed E-state index contributed by atoms with van der Waals surface area (Å²) in [4.78, 5) is 12.5. The Morgan fingerprint density at radius 2 is 0.938 bits per heavy atom. The van der Waals surface area contributed by atoms with Crippen LogP contribution in [0.15, 0.2) is 97.1 Å². The van der Waals surface area contributed by atoms with E-state index in [1.54, 1.807) is 0 Å². The Hall–Kier alpha value is -4.32. The lowest BCUT2D eigenvalue weighted by Crippen LogP contribution is -2.62. The maximum absolute atomic E-state index is 5.11. The predicted molar refractivity (Wildman–Crippen MR) is 129 cm³/mol. The molecule has 0 radical (unpaired) electrons. The van der Waals surface area contributed by atoms with E-state index in [0.717, 1.165) is 34.0 Å². The highest BCUT2D eigenvalue weighted by molar-refractivity contribution is 6.91. The maximum Gasteiger partial charge on any atom is 0.339 e. The average molecular weight is 409 g/mol. The van der Waals surface area contributed by atoms with E-state index in [0.29, 0.717) is 0 Å². The smallest absolute Gasteiger partial charge is 0.317 e. The lowest BCUT2D eigenvalue weighted by atomic mass is 9.47. The highest BCUT2D eigenvalue weighted by Gasteiger charge is 2.45. The van der Waals surface area contributed by atoms with Gasteiger partial charge in [0.25, 0.3) is 0 Å². The van der Waals surface area contributed by atoms with Crippen molar-refractivity contribution in [1.29, 1.82) is 0 Å². The van der Waals surface area contributed by atoms with Gasteiger partial charge in [-0.3, -0.25) is 9.13 Å². The number of fused-ring (bicyclic) bond motifs is 15. The van der Waals surface area contributed by atoms with Crippen molar-refractivity contribution in [2.75, 3.05) is 4.81 Å². The summed E-state index contributed by atoms with van der Waals surface area (Å²) in [5, 5.41) is 0. The first-order chi connectivity index (χ1) is 15.9. The van der Waals surface area contributed by atoms with Gasteiger partial charge in [-0.15, -0.1) is 0 Å². The zero-order chi connectivity index (χ0) is 20.8. The molecule has 0 bridgehead atoms. The Bertz CT molecular complexity index is 1590. The van der Waals surface area contributed by atoms with Crippen molar-refractivity contribution in [2.45, 2.75) is 0 Å². The fraction of sp³-hybridized carbons (Fsp3) is 0. The summed E-state index contributed by atoms with van der Waals surface area (Å²) in [7, 11) is 0. The van der Waals surface area contributed by atoms with Gasteiger partial charge in [0.15, 0.2) is 0 Å². The molecule has 0 atom stereocenters. The lowest BCUT2D eigenvalue weighted by molar-refractivity contribution is 0.975. The van der Waals surface area contributed by atoms with Crippen LogP contribution < -0.4 is 15.7 Å². The van der Waals surface area contributed by atoms with Crippen molar-refractivity contribution in [3.8, 4) is 11.4 Å². The summed E-state index contributed by atoms with van der Waals surface area (Å²) in [6.45, 7) is 0.0102. The number of hydrogen-bond donors (Lipinski definition) is 0. The minimum atomic E-state index is 0.0102. The molecule has 2 aliphatic heterocycles. The number of hydrogen-bond acceptors (Lipinski definition) is 3. The summed E-state index contributed by atoms with van der Waals surface area (Å²) >= 11 is 0. The molecule has 0 aliphatic carbocycles. The van der Waals surface area contributed by atoms with Crippen LogP contribution in [0.1, 0.15) is 0 Å². The number of nitrogens with zero attached hydrogens (tertiary/aromatic N) is 5. The van der Waals surface area contributed by atoms with Crippen LogP contribution in [0.4, 0.5) is 11.9 Å². The van der Waals surface area contributed by atoms with E-state index in [1.165, 1.54) is 22.3 Å². The van der Waals surface area contributed by atoms with Crippen molar-refractivity contribution in [1.82, 2.24) is 19.1 Å². The van der Waals surface area contributed by atoms with E-state index >= 15 is 0 Å². The molecule has 0 saturated carbocycles. The Morgan fingerprint density at radius 3 is 1.47 bits per heavy atom. The number of imidazole rings is 2. The molecule has 2 aliphatic rings. The molecule has 0 unspecified atom stereocenters. The van der Waals surface area contributed by atoms with Crippen LogP contribution in [0.3, 0.4) is 0 Å². The van der Waals surface area contributed by atoms with Crippen LogP contribution in [0.25, 0.3) is 33.4 Å². The van der Waals surface area contributed by atoms with E-state index in [9.17, 15) is 0 Å². The van der Waals surface area contributed by atoms with Crippen LogP contribution in [0.2, 0.25) is 0 Å². The van der Waals surface area contributed by atoms with Gasteiger partial charge < -0.3 is 4.81 Å². The van der Waals surface area contributed by atoms with Gasteiger partial charge in [0.1, 0.15) is 0 Å². The predicted octanol–water partition coefficient (Wildman–Crippen LogP) is 3.94. The van der Waals surface area contributed by atoms with Crippen LogP contribution in [-0.2, 0) is 0 Å². The molecule has 2 aromatic heterocycles. The number of para-hydroxylation sites is 6. The number of anilines is 2. The highest BCUT2D eigenvalue weighted by atomic mass is 15.4. The minimum Gasteiger partial charge on any atom is -0.317 e. The van der Waals surface area contributed by atoms with E-state index in [-0.39, 0.29) is 6.85 Å². The Labute approximate surface area is 184 Å². The van der Waals surface area contributed by atoms with Crippen molar-refractivity contribution < 1.29 is 0 Å². The third-order valence-corrected chi connectivity index (χ3v) is 6.72. The quantitative estimate of drug-likeness (QED) is 0.357. The van der Waals surface area contributed by atoms with E-state index in [4.69, 9.17) is 9.97 Å². The zero-order valence-corrected chi connectivity index (χ0v) is 17.1. The standard InChI is InChI=1S/C26H16BN5/c1-5-13-21-17(9-1)27-18-10-2-6-14-22(18)31-24-16-8-4-12-20(24)29-26(31)32(27)25-28-19-11-3-7-15-23(19)30(21)25/h1-16H. The van der Waals surface area contributed by atoms with Crippen molar-refractivity contribution in [3.05, 3.63) is 97.1 Å². The largest absolute Gasteiger partial charge is 0.339 e. The second-order valence-electron chi connectivity index (χ2n) is 8.36. The molecule has 8 rings (SSSR count). The summed E-state index contributed by atoms with van der Waals surface area (Å²) in [6.07, 6.45) is 0. The van der Waals surface area contributed by atoms with Gasteiger partial charge in [-0.2, -0.15) is 0 Å². The second kappa shape index (κ2) is 5.68. The van der Waals surface area contributed by atoms with Crippen molar-refractivity contribution >= 4 is 51.7 Å². The zero-order valence-electron chi connectivity index (χ0n) is 17.1. The molecule has 0 amide bonds. The normalized spacial score (nSPS) is 13.5. The Kier molecular flexibility index (Phi) is 2.91. The summed E-state index contributed by atoms with van der Waals surface area (Å²) in [5.41, 5.74) is 9.06. The van der Waals surface area contributed by atoms with Gasteiger partial charge in [-0.1, -0.05) is 60.7 Å². The molecule has 0 saturated heterocycles. The van der Waals surface area contributed by atoms with E-state index in [2.05, 4.69) is 98.9 Å². The monoisotopic (exact) mass is 409 g/mol. The van der Waals surface area contributed by atoms with Gasteiger partial charge in [0.05, 0.1) is 22.1 Å². The second-order valence-corrected chi connectivity index (χ2v) is 8.36. The molecule has 0 spiro atoms. The van der Waals surface area contributed by atoms with Crippen LogP contribution in [0.5, 0.6) is 0 Å². The number of benzene rings is 4. The fourth-order valence-electron chi connectivity index (χ4n) is 5.44. The summed E-state index contributed by atoms with van der Waals surface area (Å²) in [5.74, 6) is 1.81.